The summed E-state index contributed by atoms with van der Waals surface area (Å²) in [6, 6.07) is 9.98. The molecule has 1 aliphatic heterocycles. The zero-order valence-corrected chi connectivity index (χ0v) is 12.5. The van der Waals surface area contributed by atoms with E-state index in [0.29, 0.717) is 15.7 Å². The van der Waals surface area contributed by atoms with Gasteiger partial charge in [0.25, 0.3) is 0 Å². The number of carboxylic acids is 1. The largest absolute Gasteiger partial charge is 0.478 e. The number of hydrogen-bond acceptors (Lipinski definition) is 5. The number of carbonyl (C=O) groups is 1. The molecular formula is C14H9BrFNO5. The van der Waals surface area contributed by atoms with Gasteiger partial charge in [-0.25, -0.2) is 14.0 Å². The van der Waals surface area contributed by atoms with Crippen LogP contribution < -0.4 is 5.23 Å². The first-order chi connectivity index (χ1) is 10.5. The second-order valence-corrected chi connectivity index (χ2v) is 5.24. The van der Waals surface area contributed by atoms with Crippen LogP contribution in [0.5, 0.6) is 0 Å². The van der Waals surface area contributed by atoms with Gasteiger partial charge < -0.3 is 5.11 Å². The fourth-order valence-electron chi connectivity index (χ4n) is 1.86. The van der Waals surface area contributed by atoms with Crippen molar-refractivity contribution in [3.05, 3.63) is 63.9 Å². The van der Waals surface area contributed by atoms with Crippen LogP contribution in [0.4, 0.5) is 10.1 Å². The Morgan fingerprint density at radius 2 is 2.09 bits per heavy atom. The molecular weight excluding hydrogens is 361 g/mol. The number of hydrogen-bond donors (Lipinski definition) is 1. The van der Waals surface area contributed by atoms with Crippen LogP contribution >= 0.6 is 15.9 Å². The third kappa shape index (κ3) is 2.95. The Morgan fingerprint density at radius 1 is 1.27 bits per heavy atom. The van der Waals surface area contributed by atoms with E-state index in [-0.39, 0.29) is 5.56 Å². The van der Waals surface area contributed by atoms with E-state index in [1.165, 1.54) is 30.3 Å². The molecule has 22 heavy (non-hydrogen) atoms. The fraction of sp³-hybridized carbons (Fsp3) is 0.0714. The van der Waals surface area contributed by atoms with E-state index in [4.69, 9.17) is 19.8 Å². The molecule has 1 atom stereocenters. The molecule has 0 radical (unpaired) electrons. The van der Waals surface area contributed by atoms with Gasteiger partial charge >= 0.3 is 5.97 Å². The van der Waals surface area contributed by atoms with Gasteiger partial charge in [-0.05, 0) is 36.4 Å². The average Bonchev–Trinajstić information content (AvgIpc) is 2.97. The first-order valence-corrected chi connectivity index (χ1v) is 6.92. The minimum atomic E-state index is -1.07. The van der Waals surface area contributed by atoms with Crippen LogP contribution in [-0.2, 0) is 14.7 Å². The molecule has 3 rings (SSSR count). The van der Waals surface area contributed by atoms with E-state index < -0.39 is 18.1 Å². The van der Waals surface area contributed by atoms with Crippen LogP contribution in [-0.4, -0.2) is 11.1 Å². The van der Waals surface area contributed by atoms with Gasteiger partial charge in [0.1, 0.15) is 5.82 Å². The van der Waals surface area contributed by atoms with Crippen LogP contribution in [0.2, 0.25) is 0 Å². The van der Waals surface area contributed by atoms with Crippen LogP contribution in [0.25, 0.3) is 0 Å². The highest BCUT2D eigenvalue weighted by molar-refractivity contribution is 9.10. The molecule has 2 aromatic carbocycles. The number of halogens is 2. The minimum Gasteiger partial charge on any atom is -0.478 e. The van der Waals surface area contributed by atoms with Gasteiger partial charge in [0.15, 0.2) is 0 Å². The monoisotopic (exact) mass is 369 g/mol. The van der Waals surface area contributed by atoms with Crippen molar-refractivity contribution in [1.29, 1.82) is 0 Å². The lowest BCUT2D eigenvalue weighted by molar-refractivity contribution is -0.286. The summed E-state index contributed by atoms with van der Waals surface area (Å²) in [6.45, 7) is 0. The molecule has 1 saturated heterocycles. The van der Waals surface area contributed by atoms with Crippen molar-refractivity contribution in [3.8, 4) is 0 Å². The van der Waals surface area contributed by atoms with Gasteiger partial charge in [0.05, 0.1) is 11.3 Å². The lowest BCUT2D eigenvalue weighted by Crippen LogP contribution is -2.15. The molecule has 6 nitrogen and oxygen atoms in total. The summed E-state index contributed by atoms with van der Waals surface area (Å²) in [6.07, 6.45) is -0.913. The second-order valence-electron chi connectivity index (χ2n) is 4.39. The van der Waals surface area contributed by atoms with Gasteiger partial charge in [-0.15, -0.1) is 0 Å². The molecule has 1 heterocycles. The molecule has 2 aromatic rings. The second kappa shape index (κ2) is 6.01. The molecule has 0 aromatic heterocycles. The molecule has 0 spiro atoms. The van der Waals surface area contributed by atoms with E-state index >= 15 is 0 Å². The van der Waals surface area contributed by atoms with Crippen molar-refractivity contribution in [2.24, 2.45) is 0 Å². The molecule has 1 aliphatic rings. The number of anilines is 1. The Hall–Kier alpha value is -2.00. The van der Waals surface area contributed by atoms with Crippen molar-refractivity contribution in [1.82, 2.24) is 0 Å². The topological polar surface area (TPSA) is 68.2 Å². The maximum atomic E-state index is 13.1. The summed E-state index contributed by atoms with van der Waals surface area (Å²) in [7, 11) is 0. The Kier molecular flexibility index (Phi) is 4.08. The van der Waals surface area contributed by atoms with Crippen molar-refractivity contribution in [2.45, 2.75) is 6.29 Å². The molecule has 0 amide bonds. The van der Waals surface area contributed by atoms with Crippen LogP contribution in [0.15, 0.2) is 46.9 Å². The first-order valence-electron chi connectivity index (χ1n) is 6.13. The lowest BCUT2D eigenvalue weighted by atomic mass is 10.2. The highest BCUT2D eigenvalue weighted by Crippen LogP contribution is 2.35. The number of aromatic carboxylic acids is 1. The zero-order valence-electron chi connectivity index (χ0n) is 10.9. The Morgan fingerprint density at radius 3 is 2.82 bits per heavy atom. The third-order valence-corrected chi connectivity index (χ3v) is 3.60. The standard InChI is InChI=1S/C14H9BrFNO5/c15-12-7-9(16)4-5-11(12)14-20-17(22-21-14)10-3-1-2-8(6-10)13(18)19/h1-7,14H,(H,18,19). The van der Waals surface area contributed by atoms with Crippen molar-refractivity contribution < 1.29 is 29.0 Å². The van der Waals surface area contributed by atoms with E-state index in [9.17, 15) is 9.18 Å². The quantitative estimate of drug-likeness (QED) is 0.833. The van der Waals surface area contributed by atoms with Gasteiger partial charge in [0, 0.05) is 10.0 Å². The van der Waals surface area contributed by atoms with Crippen molar-refractivity contribution in [2.75, 3.05) is 5.23 Å². The van der Waals surface area contributed by atoms with Gasteiger partial charge in [-0.2, -0.15) is 4.89 Å². The number of nitrogens with zero attached hydrogens (tertiary/aromatic N) is 1. The smallest absolute Gasteiger partial charge is 0.335 e. The van der Waals surface area contributed by atoms with Gasteiger partial charge in [0.2, 0.25) is 6.29 Å². The minimum absolute atomic E-state index is 0.0797. The zero-order chi connectivity index (χ0) is 15.7. The molecule has 0 saturated carbocycles. The Labute approximate surface area is 132 Å². The number of carboxylic acid groups (broad SMARTS) is 1. The summed E-state index contributed by atoms with van der Waals surface area (Å²) in [4.78, 5) is 26.4. The molecule has 1 unspecified atom stereocenters. The number of benzene rings is 2. The fourth-order valence-corrected chi connectivity index (χ4v) is 2.40. The molecule has 1 N–H and O–H groups in total. The number of rotatable bonds is 3. The molecule has 114 valence electrons. The summed E-state index contributed by atoms with van der Waals surface area (Å²) >= 11 is 3.21. The highest BCUT2D eigenvalue weighted by atomic mass is 79.9. The maximum absolute atomic E-state index is 13.1. The summed E-state index contributed by atoms with van der Waals surface area (Å²) in [5.74, 6) is -1.47. The normalized spacial score (nSPS) is 17.7. The molecule has 8 heteroatoms. The summed E-state index contributed by atoms with van der Waals surface area (Å²) < 4.78 is 13.5. The van der Waals surface area contributed by atoms with Crippen LogP contribution in [0, 0.1) is 5.82 Å². The van der Waals surface area contributed by atoms with Gasteiger partial charge in [-0.1, -0.05) is 32.2 Å². The maximum Gasteiger partial charge on any atom is 0.335 e. The van der Waals surface area contributed by atoms with E-state index in [0.717, 1.165) is 5.23 Å². The van der Waals surface area contributed by atoms with Crippen LogP contribution in [0.3, 0.4) is 0 Å². The molecule has 0 bridgehead atoms. The first kappa shape index (κ1) is 14.9. The lowest BCUT2D eigenvalue weighted by Gasteiger charge is -2.12. The van der Waals surface area contributed by atoms with Crippen LogP contribution in [0.1, 0.15) is 22.2 Å². The average molecular weight is 370 g/mol. The highest BCUT2D eigenvalue weighted by Gasteiger charge is 2.30. The Bertz CT molecular complexity index is 726. The van der Waals surface area contributed by atoms with E-state index in [1.54, 1.807) is 12.1 Å². The van der Waals surface area contributed by atoms with Crippen molar-refractivity contribution >= 4 is 27.6 Å². The predicted octanol–water partition coefficient (Wildman–Crippen LogP) is 3.60. The Balaban J connectivity index is 1.80. The SMILES string of the molecule is O=C(O)c1cccc(N2OOC(c3ccc(F)cc3Br)O2)c1. The summed E-state index contributed by atoms with van der Waals surface area (Å²) in [5, 5.41) is 9.92. The molecule has 1 fully saturated rings. The van der Waals surface area contributed by atoms with E-state index in [2.05, 4.69) is 15.9 Å². The van der Waals surface area contributed by atoms with Crippen molar-refractivity contribution in [3.63, 3.8) is 0 Å². The van der Waals surface area contributed by atoms with E-state index in [1.807, 2.05) is 0 Å². The van der Waals surface area contributed by atoms with Gasteiger partial charge in [-0.3, -0.25) is 0 Å². The summed E-state index contributed by atoms with van der Waals surface area (Å²) in [5.41, 5.74) is 0.954. The third-order valence-electron chi connectivity index (χ3n) is 2.91. The molecule has 0 aliphatic carbocycles. The predicted molar refractivity (Wildman–Crippen MR) is 76.0 cm³/mol.